The van der Waals surface area contributed by atoms with Crippen molar-refractivity contribution in [1.82, 2.24) is 4.90 Å². The summed E-state index contributed by atoms with van der Waals surface area (Å²) in [6.45, 7) is 5.11. The Morgan fingerprint density at radius 2 is 1.73 bits per heavy atom. The van der Waals surface area contributed by atoms with Gasteiger partial charge < -0.3 is 19.8 Å². The molecule has 1 fully saturated rings. The number of ether oxygens (including phenoxy) is 1. The van der Waals surface area contributed by atoms with Crippen LogP contribution in [0, 0.1) is 0 Å². The SMILES string of the molecule is C[C@@H]1CN(C(=O)c2ccc(-c3ccc(N)cc3)o2)C[C@H](C)O1. The second kappa shape index (κ2) is 5.85. The van der Waals surface area contributed by atoms with Gasteiger partial charge in [-0.05, 0) is 50.2 Å². The van der Waals surface area contributed by atoms with Crippen LogP contribution in [0.4, 0.5) is 5.69 Å². The van der Waals surface area contributed by atoms with Crippen LogP contribution in [-0.4, -0.2) is 36.1 Å². The number of morpholine rings is 1. The van der Waals surface area contributed by atoms with Crippen LogP contribution in [0.1, 0.15) is 24.4 Å². The van der Waals surface area contributed by atoms with Gasteiger partial charge in [0.05, 0.1) is 12.2 Å². The molecule has 0 spiro atoms. The largest absolute Gasteiger partial charge is 0.451 e. The van der Waals surface area contributed by atoms with E-state index in [0.717, 1.165) is 5.56 Å². The maximum absolute atomic E-state index is 12.5. The first-order valence-corrected chi connectivity index (χ1v) is 7.43. The van der Waals surface area contributed by atoms with E-state index in [1.165, 1.54) is 0 Å². The maximum Gasteiger partial charge on any atom is 0.289 e. The quantitative estimate of drug-likeness (QED) is 0.866. The zero-order chi connectivity index (χ0) is 15.7. The number of carbonyl (C=O) groups is 1. The summed E-state index contributed by atoms with van der Waals surface area (Å²) in [5.41, 5.74) is 7.28. The highest BCUT2D eigenvalue weighted by atomic mass is 16.5. The molecule has 5 nitrogen and oxygen atoms in total. The van der Waals surface area contributed by atoms with Crippen LogP contribution in [-0.2, 0) is 4.74 Å². The molecular weight excluding hydrogens is 280 g/mol. The van der Waals surface area contributed by atoms with Crippen molar-refractivity contribution >= 4 is 11.6 Å². The number of hydrogen-bond acceptors (Lipinski definition) is 4. The molecule has 2 aromatic rings. The molecule has 0 radical (unpaired) electrons. The molecule has 0 aliphatic carbocycles. The van der Waals surface area contributed by atoms with Crippen molar-refractivity contribution in [1.29, 1.82) is 0 Å². The molecule has 5 heteroatoms. The van der Waals surface area contributed by atoms with Crippen molar-refractivity contribution in [3.8, 4) is 11.3 Å². The summed E-state index contributed by atoms with van der Waals surface area (Å²) in [4.78, 5) is 14.3. The van der Waals surface area contributed by atoms with Gasteiger partial charge in [0.25, 0.3) is 5.91 Å². The van der Waals surface area contributed by atoms with Gasteiger partial charge in [0.15, 0.2) is 5.76 Å². The lowest BCUT2D eigenvalue weighted by Gasteiger charge is -2.34. The molecule has 1 aromatic heterocycles. The fraction of sp³-hybridized carbons (Fsp3) is 0.353. The number of nitrogen functional groups attached to an aromatic ring is 1. The Balaban J connectivity index is 1.78. The van der Waals surface area contributed by atoms with Crippen LogP contribution in [0.2, 0.25) is 0 Å². The number of anilines is 1. The Morgan fingerprint density at radius 1 is 1.09 bits per heavy atom. The van der Waals surface area contributed by atoms with Gasteiger partial charge in [0.1, 0.15) is 5.76 Å². The van der Waals surface area contributed by atoms with E-state index < -0.39 is 0 Å². The summed E-state index contributed by atoms with van der Waals surface area (Å²) >= 11 is 0. The van der Waals surface area contributed by atoms with Crippen molar-refractivity contribution in [3.63, 3.8) is 0 Å². The molecule has 3 rings (SSSR count). The fourth-order valence-electron chi connectivity index (χ4n) is 2.75. The molecule has 22 heavy (non-hydrogen) atoms. The topological polar surface area (TPSA) is 68.7 Å². The molecule has 1 saturated heterocycles. The smallest absolute Gasteiger partial charge is 0.289 e. The lowest BCUT2D eigenvalue weighted by Crippen LogP contribution is -2.48. The third-order valence-electron chi connectivity index (χ3n) is 3.72. The highest BCUT2D eigenvalue weighted by Gasteiger charge is 2.28. The summed E-state index contributed by atoms with van der Waals surface area (Å²) in [6.07, 6.45) is 0.0819. The molecule has 1 aliphatic heterocycles. The zero-order valence-corrected chi connectivity index (χ0v) is 12.8. The fourth-order valence-corrected chi connectivity index (χ4v) is 2.75. The molecule has 0 bridgehead atoms. The molecule has 116 valence electrons. The minimum absolute atomic E-state index is 0.0410. The lowest BCUT2D eigenvalue weighted by atomic mass is 10.1. The average molecular weight is 300 g/mol. The molecule has 2 heterocycles. The molecule has 2 atom stereocenters. The predicted molar refractivity (Wildman–Crippen MR) is 84.5 cm³/mol. The van der Waals surface area contributed by atoms with E-state index in [2.05, 4.69) is 0 Å². The second-order valence-electron chi connectivity index (χ2n) is 5.75. The number of nitrogens with two attached hydrogens (primary N) is 1. The Labute approximate surface area is 129 Å². The Morgan fingerprint density at radius 3 is 2.36 bits per heavy atom. The monoisotopic (exact) mass is 300 g/mol. The summed E-state index contributed by atoms with van der Waals surface area (Å²) in [5.74, 6) is 0.925. The minimum atomic E-state index is -0.0938. The van der Waals surface area contributed by atoms with E-state index in [1.807, 2.05) is 44.2 Å². The van der Waals surface area contributed by atoms with Crippen molar-refractivity contribution in [2.75, 3.05) is 18.8 Å². The Hall–Kier alpha value is -2.27. The summed E-state index contributed by atoms with van der Waals surface area (Å²) < 4.78 is 11.4. The van der Waals surface area contributed by atoms with Crippen molar-refractivity contribution < 1.29 is 13.9 Å². The van der Waals surface area contributed by atoms with Gasteiger partial charge in [0.2, 0.25) is 0 Å². The summed E-state index contributed by atoms with van der Waals surface area (Å²) in [5, 5.41) is 0. The predicted octanol–water partition coefficient (Wildman–Crippen LogP) is 2.78. The van der Waals surface area contributed by atoms with E-state index >= 15 is 0 Å². The number of nitrogens with zero attached hydrogens (tertiary/aromatic N) is 1. The normalized spacial score (nSPS) is 21.8. The van der Waals surface area contributed by atoms with Gasteiger partial charge in [-0.25, -0.2) is 0 Å². The van der Waals surface area contributed by atoms with Crippen molar-refractivity contribution in [2.45, 2.75) is 26.1 Å². The number of carbonyl (C=O) groups excluding carboxylic acids is 1. The Bertz CT molecular complexity index is 653. The van der Waals surface area contributed by atoms with Crippen molar-refractivity contribution in [3.05, 3.63) is 42.2 Å². The lowest BCUT2D eigenvalue weighted by molar-refractivity contribution is -0.0592. The van der Waals surface area contributed by atoms with Crippen LogP contribution < -0.4 is 5.73 Å². The molecule has 0 saturated carbocycles. The number of amides is 1. The first-order chi connectivity index (χ1) is 10.5. The molecular formula is C17H20N2O3. The Kier molecular flexibility index (Phi) is 3.90. The van der Waals surface area contributed by atoms with E-state index in [4.69, 9.17) is 14.9 Å². The minimum Gasteiger partial charge on any atom is -0.451 e. The van der Waals surface area contributed by atoms with E-state index in [9.17, 15) is 4.79 Å². The highest BCUT2D eigenvalue weighted by Crippen LogP contribution is 2.24. The molecule has 1 amide bonds. The van der Waals surface area contributed by atoms with Crippen LogP contribution in [0.15, 0.2) is 40.8 Å². The second-order valence-corrected chi connectivity index (χ2v) is 5.75. The molecule has 2 N–H and O–H groups in total. The molecule has 0 unspecified atom stereocenters. The highest BCUT2D eigenvalue weighted by molar-refractivity contribution is 5.92. The van der Waals surface area contributed by atoms with Crippen LogP contribution in [0.5, 0.6) is 0 Å². The van der Waals surface area contributed by atoms with E-state index in [-0.39, 0.29) is 18.1 Å². The third-order valence-corrected chi connectivity index (χ3v) is 3.72. The first kappa shape index (κ1) is 14.7. The van der Waals surface area contributed by atoms with Crippen molar-refractivity contribution in [2.24, 2.45) is 0 Å². The van der Waals surface area contributed by atoms with Gasteiger partial charge in [-0.2, -0.15) is 0 Å². The van der Waals surface area contributed by atoms with Gasteiger partial charge in [-0.15, -0.1) is 0 Å². The number of hydrogen-bond donors (Lipinski definition) is 1. The number of furan rings is 1. The zero-order valence-electron chi connectivity index (χ0n) is 12.8. The van der Waals surface area contributed by atoms with Crippen LogP contribution in [0.3, 0.4) is 0 Å². The summed E-state index contributed by atoms with van der Waals surface area (Å²) in [6, 6.07) is 10.9. The summed E-state index contributed by atoms with van der Waals surface area (Å²) in [7, 11) is 0. The van der Waals surface area contributed by atoms with Gasteiger partial charge in [-0.1, -0.05) is 0 Å². The number of rotatable bonds is 2. The van der Waals surface area contributed by atoms with Gasteiger partial charge in [0, 0.05) is 24.3 Å². The van der Waals surface area contributed by atoms with E-state index in [0.29, 0.717) is 30.3 Å². The third kappa shape index (κ3) is 2.99. The average Bonchev–Trinajstić information content (AvgIpc) is 2.96. The molecule has 1 aromatic carbocycles. The van der Waals surface area contributed by atoms with E-state index in [1.54, 1.807) is 11.0 Å². The number of benzene rings is 1. The first-order valence-electron chi connectivity index (χ1n) is 7.43. The standard InChI is InChI=1S/C17H20N2O3/c1-11-9-19(10-12(2)21-11)17(20)16-8-7-15(22-16)13-3-5-14(18)6-4-13/h3-8,11-12H,9-10,18H2,1-2H3/t11-,12+. The van der Waals surface area contributed by atoms with Crippen LogP contribution >= 0.6 is 0 Å². The maximum atomic E-state index is 12.5. The van der Waals surface area contributed by atoms with Crippen LogP contribution in [0.25, 0.3) is 11.3 Å². The molecule has 1 aliphatic rings. The van der Waals surface area contributed by atoms with Gasteiger partial charge >= 0.3 is 0 Å². The van der Waals surface area contributed by atoms with Gasteiger partial charge in [-0.3, -0.25) is 4.79 Å².